The van der Waals surface area contributed by atoms with Crippen LogP contribution in [-0.2, 0) is 31.9 Å². The van der Waals surface area contributed by atoms with E-state index in [1.807, 2.05) is 60.7 Å². The molecule has 2 aliphatic rings. The average molecular weight is 579 g/mol. The van der Waals surface area contributed by atoms with E-state index in [-0.39, 0.29) is 11.1 Å². The van der Waals surface area contributed by atoms with Gasteiger partial charge < -0.3 is 18.6 Å². The summed E-state index contributed by atoms with van der Waals surface area (Å²) in [7, 11) is -2.38. The van der Waals surface area contributed by atoms with Crippen molar-refractivity contribution in [3.63, 3.8) is 0 Å². The normalized spacial score (nSPS) is 26.3. The largest absolute Gasteiger partial charge is 0.406 e. The Bertz CT molecular complexity index is 1450. The Kier molecular flexibility index (Phi) is 8.29. The Morgan fingerprint density at radius 2 is 1.61 bits per heavy atom. The summed E-state index contributed by atoms with van der Waals surface area (Å²) in [6.07, 6.45) is 0.822. The van der Waals surface area contributed by atoms with E-state index in [9.17, 15) is 9.59 Å². The highest BCUT2D eigenvalue weighted by molar-refractivity contribution is 6.74. The zero-order valence-electron chi connectivity index (χ0n) is 24.9. The second-order valence-corrected chi connectivity index (χ2v) is 17.6. The maximum Gasteiger partial charge on any atom is 0.330 e. The van der Waals surface area contributed by atoms with Gasteiger partial charge in [-0.2, -0.15) is 0 Å². The van der Waals surface area contributed by atoms with E-state index in [1.165, 1.54) is 4.57 Å². The number of hydrogen-bond donors (Lipinski definition) is 1. The number of benzene rings is 2. The van der Waals surface area contributed by atoms with Crippen LogP contribution in [0.25, 0.3) is 0 Å². The first kappa shape index (κ1) is 29.7. The Labute approximate surface area is 242 Å². The highest BCUT2D eigenvalue weighted by Gasteiger charge is 2.66. The van der Waals surface area contributed by atoms with Crippen LogP contribution < -0.4 is 11.2 Å². The van der Waals surface area contributed by atoms with Crippen molar-refractivity contribution in [3.05, 3.63) is 104 Å². The van der Waals surface area contributed by atoms with Crippen molar-refractivity contribution in [2.75, 3.05) is 0 Å². The number of hydrogen-bond acceptors (Lipinski definition) is 6. The van der Waals surface area contributed by atoms with E-state index >= 15 is 0 Å². The van der Waals surface area contributed by atoms with Gasteiger partial charge in [0.15, 0.2) is 14.5 Å². The lowest BCUT2D eigenvalue weighted by molar-refractivity contribution is -0.140. The van der Waals surface area contributed by atoms with Crippen LogP contribution in [0.4, 0.5) is 0 Å². The number of ether oxygens (including phenoxy) is 3. The predicted octanol–water partition coefficient (Wildman–Crippen LogP) is 5.47. The van der Waals surface area contributed by atoms with Gasteiger partial charge in [-0.15, -0.1) is 0 Å². The summed E-state index contributed by atoms with van der Waals surface area (Å²) in [5, 5.41) is -0.0933. The summed E-state index contributed by atoms with van der Waals surface area (Å²) in [5.41, 5.74) is 0.736. The topological polar surface area (TPSA) is 91.8 Å². The number of rotatable bonds is 9. The van der Waals surface area contributed by atoms with Gasteiger partial charge in [0.1, 0.15) is 17.8 Å². The molecule has 1 N–H and O–H groups in total. The molecule has 0 amide bonds. The monoisotopic (exact) mass is 578 g/mol. The maximum absolute atomic E-state index is 13.2. The predicted molar refractivity (Wildman–Crippen MR) is 160 cm³/mol. The van der Waals surface area contributed by atoms with Gasteiger partial charge in [0.2, 0.25) is 0 Å². The van der Waals surface area contributed by atoms with Gasteiger partial charge >= 0.3 is 5.69 Å². The summed E-state index contributed by atoms with van der Waals surface area (Å²) < 4.78 is 28.8. The van der Waals surface area contributed by atoms with Crippen LogP contribution in [0.1, 0.15) is 56.5 Å². The van der Waals surface area contributed by atoms with Crippen molar-refractivity contribution in [2.24, 2.45) is 0 Å². The van der Waals surface area contributed by atoms with Gasteiger partial charge in [-0.1, -0.05) is 81.4 Å². The van der Waals surface area contributed by atoms with E-state index < -0.39 is 43.6 Å². The fourth-order valence-corrected chi connectivity index (χ4v) is 6.87. The summed E-state index contributed by atoms with van der Waals surface area (Å²) >= 11 is 0. The third-order valence-corrected chi connectivity index (χ3v) is 13.4. The smallest absolute Gasteiger partial charge is 0.330 e. The van der Waals surface area contributed by atoms with Crippen molar-refractivity contribution in [3.8, 4) is 0 Å². The molecule has 9 heteroatoms. The molecule has 1 aromatic heterocycles. The molecule has 220 valence electrons. The standard InChI is InChI=1S/C32H42N2O6Si/c1-22-19-34(30(36)33-28(22)35)29-27(40-41(5,6)31(2,3)4)32(38-21-24-15-11-8-12-16-24)18-17-25(26(32)39-29)37-20-23-13-9-7-10-14-23/h7-16,19,25-27,29H,17-18,20-21H2,1-6H3,(H,33,35,36)/t25-,26-,27+,29-,32-/m1/s1. The number of H-pyrrole nitrogens is 1. The summed E-state index contributed by atoms with van der Waals surface area (Å²) in [6.45, 7) is 13.5. The Morgan fingerprint density at radius 3 is 2.22 bits per heavy atom. The SMILES string of the molecule is Cc1cn([C@@H]2O[C@@H]3[C@H](OCc4ccccc4)CC[C@]3(OCc3ccccc3)[C@H]2O[Si](C)(C)C(C)(C)C)c(=O)[nH]c1=O. The van der Waals surface area contributed by atoms with Crippen molar-refractivity contribution < 1.29 is 18.6 Å². The van der Waals surface area contributed by atoms with Crippen LogP contribution in [0.3, 0.4) is 0 Å². The van der Waals surface area contributed by atoms with Gasteiger partial charge in [0, 0.05) is 11.8 Å². The van der Waals surface area contributed by atoms with E-state index in [4.69, 9.17) is 18.6 Å². The highest BCUT2D eigenvalue weighted by Crippen LogP contribution is 2.53. The minimum absolute atomic E-state index is 0.0933. The van der Waals surface area contributed by atoms with Crippen LogP contribution in [0, 0.1) is 6.92 Å². The lowest BCUT2D eigenvalue weighted by atomic mass is 9.93. The highest BCUT2D eigenvalue weighted by atomic mass is 28.4. The van der Waals surface area contributed by atoms with E-state index in [0.29, 0.717) is 25.2 Å². The molecule has 1 saturated carbocycles. The Hall–Kier alpha value is -2.82. The number of aryl methyl sites for hydroxylation is 1. The molecule has 2 fully saturated rings. The fraction of sp³-hybridized carbons (Fsp3) is 0.500. The molecule has 0 unspecified atom stereocenters. The van der Waals surface area contributed by atoms with Crippen LogP contribution in [0.15, 0.2) is 76.4 Å². The number of nitrogens with one attached hydrogen (secondary N) is 1. The van der Waals surface area contributed by atoms with Gasteiger partial charge in [-0.25, -0.2) is 4.79 Å². The molecule has 2 aromatic carbocycles. The van der Waals surface area contributed by atoms with Crippen LogP contribution >= 0.6 is 0 Å². The van der Waals surface area contributed by atoms with Crippen molar-refractivity contribution in [1.29, 1.82) is 0 Å². The lowest BCUT2D eigenvalue weighted by Crippen LogP contribution is -2.56. The van der Waals surface area contributed by atoms with Crippen LogP contribution in [-0.4, -0.2) is 41.8 Å². The summed E-state index contributed by atoms with van der Waals surface area (Å²) in [5.74, 6) is 0. The first-order valence-corrected chi connectivity index (χ1v) is 17.3. The molecule has 3 aromatic rings. The minimum Gasteiger partial charge on any atom is -0.406 e. The number of aromatic nitrogens is 2. The van der Waals surface area contributed by atoms with E-state index in [1.54, 1.807) is 13.1 Å². The molecule has 2 heterocycles. The summed E-state index contributed by atoms with van der Waals surface area (Å²) in [6, 6.07) is 20.1. The van der Waals surface area contributed by atoms with Crippen molar-refractivity contribution in [1.82, 2.24) is 9.55 Å². The zero-order chi connectivity index (χ0) is 29.4. The summed E-state index contributed by atoms with van der Waals surface area (Å²) in [4.78, 5) is 27.9. The molecule has 0 bridgehead atoms. The third kappa shape index (κ3) is 5.92. The fourth-order valence-electron chi connectivity index (χ4n) is 5.56. The maximum atomic E-state index is 13.2. The zero-order valence-corrected chi connectivity index (χ0v) is 25.9. The molecule has 1 aliphatic carbocycles. The van der Waals surface area contributed by atoms with Gasteiger partial charge in [0.25, 0.3) is 5.56 Å². The molecule has 41 heavy (non-hydrogen) atoms. The Balaban J connectivity index is 1.57. The third-order valence-electron chi connectivity index (χ3n) is 8.97. The van der Waals surface area contributed by atoms with Crippen LogP contribution in [0.2, 0.25) is 18.1 Å². The first-order chi connectivity index (χ1) is 19.4. The van der Waals surface area contributed by atoms with Crippen molar-refractivity contribution >= 4 is 8.32 Å². The average Bonchev–Trinajstić information content (AvgIpc) is 3.43. The molecule has 0 radical (unpaired) electrons. The molecule has 0 spiro atoms. The van der Waals surface area contributed by atoms with Crippen molar-refractivity contribution in [2.45, 2.75) is 102 Å². The lowest BCUT2D eigenvalue weighted by Gasteiger charge is -2.44. The van der Waals surface area contributed by atoms with E-state index in [2.05, 4.69) is 38.8 Å². The minimum atomic E-state index is -2.38. The molecule has 1 saturated heterocycles. The number of fused-ring (bicyclic) bond motifs is 1. The Morgan fingerprint density at radius 1 is 1.00 bits per heavy atom. The first-order valence-electron chi connectivity index (χ1n) is 14.4. The molecule has 8 nitrogen and oxygen atoms in total. The second kappa shape index (κ2) is 11.5. The number of aromatic amines is 1. The molecule has 5 rings (SSSR count). The van der Waals surface area contributed by atoms with E-state index in [0.717, 1.165) is 17.5 Å². The van der Waals surface area contributed by atoms with Gasteiger partial charge in [-0.3, -0.25) is 14.3 Å². The van der Waals surface area contributed by atoms with Gasteiger partial charge in [0.05, 0.1) is 19.3 Å². The van der Waals surface area contributed by atoms with Crippen LogP contribution in [0.5, 0.6) is 0 Å². The second-order valence-electron chi connectivity index (χ2n) is 12.8. The van der Waals surface area contributed by atoms with Gasteiger partial charge in [-0.05, 0) is 49.0 Å². The quantitative estimate of drug-likeness (QED) is 0.339. The molecular weight excluding hydrogens is 536 g/mol. The number of nitrogens with zero attached hydrogens (tertiary/aromatic N) is 1. The molecule has 5 atom stereocenters. The molecule has 1 aliphatic heterocycles. The molecular formula is C32H42N2O6Si.